The second kappa shape index (κ2) is 13.7. The minimum absolute atomic E-state index is 0.0520. The number of aryl methyl sites for hydroxylation is 2. The van der Waals surface area contributed by atoms with Gasteiger partial charge in [-0.3, -0.25) is 13.9 Å². The summed E-state index contributed by atoms with van der Waals surface area (Å²) in [7, 11) is -2.62. The summed E-state index contributed by atoms with van der Waals surface area (Å²) in [5, 5.41) is 3.17. The quantitative estimate of drug-likeness (QED) is 0.244. The van der Waals surface area contributed by atoms with Gasteiger partial charge in [0.25, 0.3) is 10.0 Å². The van der Waals surface area contributed by atoms with Crippen molar-refractivity contribution in [2.45, 2.75) is 37.8 Å². The Bertz CT molecular complexity index is 1650. The van der Waals surface area contributed by atoms with Gasteiger partial charge >= 0.3 is 0 Å². The first-order valence-electron chi connectivity index (χ1n) is 13.5. The molecule has 0 aliphatic heterocycles. The van der Waals surface area contributed by atoms with Crippen LogP contribution < -0.4 is 9.62 Å². The van der Waals surface area contributed by atoms with E-state index in [2.05, 4.69) is 5.32 Å². The number of carbonyl (C=O) groups is 2. The van der Waals surface area contributed by atoms with Crippen molar-refractivity contribution < 1.29 is 18.0 Å². The van der Waals surface area contributed by atoms with Crippen molar-refractivity contribution in [1.29, 1.82) is 0 Å². The largest absolute Gasteiger partial charge is 0.357 e. The Morgan fingerprint density at radius 1 is 0.810 bits per heavy atom. The molecule has 0 heterocycles. The fourth-order valence-corrected chi connectivity index (χ4v) is 6.32. The first-order chi connectivity index (χ1) is 20.1. The van der Waals surface area contributed by atoms with Crippen molar-refractivity contribution in [3.05, 3.63) is 130 Å². The maximum atomic E-state index is 14.3. The van der Waals surface area contributed by atoms with Gasteiger partial charge in [0.1, 0.15) is 12.6 Å². The van der Waals surface area contributed by atoms with Crippen LogP contribution in [0.25, 0.3) is 0 Å². The maximum absolute atomic E-state index is 14.3. The van der Waals surface area contributed by atoms with Crippen LogP contribution in [0.2, 0.25) is 5.02 Å². The second-order valence-corrected chi connectivity index (χ2v) is 12.4. The molecule has 0 aliphatic carbocycles. The van der Waals surface area contributed by atoms with Crippen LogP contribution in [0.4, 0.5) is 5.69 Å². The molecule has 4 rings (SSSR count). The zero-order valence-electron chi connectivity index (χ0n) is 23.8. The normalized spacial score (nSPS) is 11.9. The average Bonchev–Trinajstić information content (AvgIpc) is 2.99. The lowest BCUT2D eigenvalue weighted by Crippen LogP contribution is -2.53. The van der Waals surface area contributed by atoms with Gasteiger partial charge in [0.2, 0.25) is 11.8 Å². The highest BCUT2D eigenvalue weighted by Gasteiger charge is 2.34. The molecule has 7 nitrogen and oxygen atoms in total. The molecule has 4 aromatic rings. The Balaban J connectivity index is 1.80. The van der Waals surface area contributed by atoms with E-state index in [0.717, 1.165) is 21.0 Å². The number of halogens is 1. The molecule has 0 aliphatic rings. The molecular weight excluding hydrogens is 570 g/mol. The van der Waals surface area contributed by atoms with E-state index >= 15 is 0 Å². The van der Waals surface area contributed by atoms with Crippen molar-refractivity contribution >= 4 is 39.1 Å². The molecule has 0 spiro atoms. The van der Waals surface area contributed by atoms with Gasteiger partial charge in [0.15, 0.2) is 0 Å². The van der Waals surface area contributed by atoms with E-state index in [1.54, 1.807) is 48.5 Å². The highest BCUT2D eigenvalue weighted by Crippen LogP contribution is 2.27. The number of anilines is 1. The zero-order chi connectivity index (χ0) is 30.3. The van der Waals surface area contributed by atoms with E-state index in [-0.39, 0.29) is 23.8 Å². The highest BCUT2D eigenvalue weighted by molar-refractivity contribution is 7.92. The van der Waals surface area contributed by atoms with E-state index in [4.69, 9.17) is 11.6 Å². The number of hydrogen-bond acceptors (Lipinski definition) is 4. The van der Waals surface area contributed by atoms with E-state index in [0.29, 0.717) is 16.3 Å². The fraction of sp³-hybridized carbons (Fsp3) is 0.212. The van der Waals surface area contributed by atoms with Gasteiger partial charge in [-0.2, -0.15) is 0 Å². The van der Waals surface area contributed by atoms with Crippen LogP contribution in [-0.4, -0.2) is 44.8 Å². The Hall–Kier alpha value is -4.14. The van der Waals surface area contributed by atoms with Gasteiger partial charge in [-0.1, -0.05) is 78.3 Å². The smallest absolute Gasteiger partial charge is 0.264 e. The lowest BCUT2D eigenvalue weighted by atomic mass is 10.0. The Labute approximate surface area is 252 Å². The summed E-state index contributed by atoms with van der Waals surface area (Å²) < 4.78 is 29.1. The monoisotopic (exact) mass is 603 g/mol. The Morgan fingerprint density at radius 3 is 2.07 bits per heavy atom. The van der Waals surface area contributed by atoms with Crippen molar-refractivity contribution in [2.75, 3.05) is 17.9 Å². The second-order valence-electron chi connectivity index (χ2n) is 10.1. The molecular formula is C33H34ClN3O4S. The number of benzene rings is 4. The van der Waals surface area contributed by atoms with Crippen molar-refractivity contribution in [1.82, 2.24) is 10.2 Å². The van der Waals surface area contributed by atoms with E-state index in [9.17, 15) is 18.0 Å². The fourth-order valence-electron chi connectivity index (χ4n) is 4.68. The predicted octanol–water partition coefficient (Wildman–Crippen LogP) is 5.54. The first kappa shape index (κ1) is 30.8. The number of nitrogens with one attached hydrogen (secondary N) is 1. The number of rotatable bonds is 11. The molecule has 0 bridgehead atoms. The predicted molar refractivity (Wildman–Crippen MR) is 167 cm³/mol. The van der Waals surface area contributed by atoms with Gasteiger partial charge in [0, 0.05) is 25.0 Å². The molecule has 0 radical (unpaired) electrons. The molecule has 0 unspecified atom stereocenters. The standard InChI is InChI=1S/C33H34ClN3O4S/c1-24-17-18-29(19-25(24)2)37(42(40,41)30-15-8-5-9-16-30)23-32(38)36(22-27-13-10-14-28(34)20-27)31(33(39)35-3)21-26-11-6-4-7-12-26/h4-20,31H,21-23H2,1-3H3,(H,35,39)/t31-/m0/s1. The number of hydrogen-bond donors (Lipinski definition) is 1. The minimum atomic E-state index is -4.14. The summed E-state index contributed by atoms with van der Waals surface area (Å²) in [6, 6.07) is 28.8. The Morgan fingerprint density at radius 2 is 1.45 bits per heavy atom. The summed E-state index contributed by atoms with van der Waals surface area (Å²) in [6.45, 7) is 3.37. The van der Waals surface area contributed by atoms with E-state index < -0.39 is 28.5 Å². The van der Waals surface area contributed by atoms with Crippen LogP contribution in [0.5, 0.6) is 0 Å². The topological polar surface area (TPSA) is 86.8 Å². The Kier molecular flexibility index (Phi) is 10.0. The van der Waals surface area contributed by atoms with Crippen molar-refractivity contribution in [2.24, 2.45) is 0 Å². The average molecular weight is 604 g/mol. The molecule has 4 aromatic carbocycles. The summed E-state index contributed by atoms with van der Waals surface area (Å²) in [6.07, 6.45) is 0.238. The molecule has 42 heavy (non-hydrogen) atoms. The van der Waals surface area contributed by atoms with Crippen LogP contribution in [0.3, 0.4) is 0 Å². The molecule has 218 valence electrons. The minimum Gasteiger partial charge on any atom is -0.357 e. The molecule has 2 amide bonds. The lowest BCUT2D eigenvalue weighted by Gasteiger charge is -2.33. The summed E-state index contributed by atoms with van der Waals surface area (Å²) in [5.41, 5.74) is 3.81. The lowest BCUT2D eigenvalue weighted by molar-refractivity contribution is -0.139. The molecule has 9 heteroatoms. The molecule has 1 N–H and O–H groups in total. The zero-order valence-corrected chi connectivity index (χ0v) is 25.4. The third-order valence-corrected chi connectivity index (χ3v) is 9.17. The number of likely N-dealkylation sites (N-methyl/N-ethyl adjacent to an activating group) is 1. The van der Waals surface area contributed by atoms with E-state index in [1.807, 2.05) is 56.3 Å². The molecule has 0 fully saturated rings. The number of sulfonamides is 1. The van der Waals surface area contributed by atoms with Crippen LogP contribution in [0.1, 0.15) is 22.3 Å². The number of nitrogens with zero attached hydrogens (tertiary/aromatic N) is 2. The van der Waals surface area contributed by atoms with Gasteiger partial charge < -0.3 is 10.2 Å². The summed E-state index contributed by atoms with van der Waals surface area (Å²) in [5.74, 6) is -0.893. The third-order valence-electron chi connectivity index (χ3n) is 7.15. The number of amides is 2. The first-order valence-corrected chi connectivity index (χ1v) is 15.4. The maximum Gasteiger partial charge on any atom is 0.264 e. The van der Waals surface area contributed by atoms with Gasteiger partial charge in [-0.15, -0.1) is 0 Å². The van der Waals surface area contributed by atoms with E-state index in [1.165, 1.54) is 24.1 Å². The molecule has 0 saturated carbocycles. The molecule has 1 atom stereocenters. The number of carbonyl (C=O) groups excluding carboxylic acids is 2. The summed E-state index contributed by atoms with van der Waals surface area (Å²) >= 11 is 6.26. The molecule has 0 saturated heterocycles. The molecule has 0 aromatic heterocycles. The van der Waals surface area contributed by atoms with Crippen molar-refractivity contribution in [3.8, 4) is 0 Å². The highest BCUT2D eigenvalue weighted by atomic mass is 35.5. The van der Waals surface area contributed by atoms with Crippen LogP contribution in [0, 0.1) is 13.8 Å². The third kappa shape index (κ3) is 7.38. The van der Waals surface area contributed by atoms with Crippen LogP contribution >= 0.6 is 11.6 Å². The summed E-state index contributed by atoms with van der Waals surface area (Å²) in [4.78, 5) is 29.1. The van der Waals surface area contributed by atoms with Crippen molar-refractivity contribution in [3.63, 3.8) is 0 Å². The SMILES string of the molecule is CNC(=O)[C@H](Cc1ccccc1)N(Cc1cccc(Cl)c1)C(=O)CN(c1ccc(C)c(C)c1)S(=O)(=O)c1ccccc1. The van der Waals surface area contributed by atoms with Crippen LogP contribution in [-0.2, 0) is 32.6 Å². The van der Waals surface area contributed by atoms with Crippen LogP contribution in [0.15, 0.2) is 108 Å². The van der Waals surface area contributed by atoms with Gasteiger partial charge in [-0.25, -0.2) is 8.42 Å². The van der Waals surface area contributed by atoms with Gasteiger partial charge in [-0.05, 0) is 72.5 Å². The van der Waals surface area contributed by atoms with Gasteiger partial charge in [0.05, 0.1) is 10.6 Å².